The van der Waals surface area contributed by atoms with E-state index in [1.54, 1.807) is 0 Å². The quantitative estimate of drug-likeness (QED) is 0.395. The molecule has 0 radical (unpaired) electrons. The van der Waals surface area contributed by atoms with Crippen molar-refractivity contribution >= 4 is 0 Å². The summed E-state index contributed by atoms with van der Waals surface area (Å²) in [6.45, 7) is -3.63. The summed E-state index contributed by atoms with van der Waals surface area (Å²) < 4.78 is 0. The smallest absolute Gasteiger partial charge is 0.294 e. The fourth-order valence-electron chi connectivity index (χ4n) is 1.67. The Hall–Kier alpha value is -3.00. The maximum atomic E-state index is 11.0. The number of hydrogen-bond donors (Lipinski definition) is 0. The van der Waals surface area contributed by atoms with Crippen molar-refractivity contribution in [2.24, 2.45) is 0 Å². The lowest BCUT2D eigenvalue weighted by atomic mass is 10.00. The highest BCUT2D eigenvalue weighted by Crippen LogP contribution is 2.21. The van der Waals surface area contributed by atoms with Crippen LogP contribution in [0, 0.1) is 40.5 Å². The molecule has 0 aromatic rings. The van der Waals surface area contributed by atoms with Crippen molar-refractivity contribution in [2.45, 2.75) is 5.54 Å². The third kappa shape index (κ3) is 3.06. The van der Waals surface area contributed by atoms with Crippen LogP contribution in [0.25, 0.3) is 0 Å². The molecule has 112 valence electrons. The topological polar surface area (TPSA) is 188 Å². The fourth-order valence-corrected chi connectivity index (χ4v) is 1.67. The minimum Gasteiger partial charge on any atom is -0.306 e. The monoisotopic (exact) mass is 296 g/mol. The SMILES string of the molecule is O=[N+]([O-])OCC1([N+](=O)[O-])CN([N+](=O)[O-])CN([N+](=O)[O-])C1. The van der Waals surface area contributed by atoms with Gasteiger partial charge in [0.05, 0.1) is 0 Å². The minimum absolute atomic E-state index is 0.221. The fraction of sp³-hybridized carbons (Fsp3) is 1.00. The van der Waals surface area contributed by atoms with Gasteiger partial charge in [-0.25, -0.2) is 20.2 Å². The van der Waals surface area contributed by atoms with Crippen molar-refractivity contribution in [3.05, 3.63) is 40.5 Å². The summed E-state index contributed by atoms with van der Waals surface area (Å²) in [6, 6.07) is 0. The number of nitrogens with zero attached hydrogens (tertiary/aromatic N) is 6. The number of hydrazine groups is 2. The lowest BCUT2D eigenvalue weighted by molar-refractivity contribution is -0.782. The highest BCUT2D eigenvalue weighted by atomic mass is 17.0. The Balaban J connectivity index is 3.05. The van der Waals surface area contributed by atoms with Crippen LogP contribution in [-0.2, 0) is 4.84 Å². The molecule has 1 rings (SSSR count). The van der Waals surface area contributed by atoms with Crippen LogP contribution in [0.1, 0.15) is 0 Å². The van der Waals surface area contributed by atoms with Gasteiger partial charge >= 0.3 is 0 Å². The van der Waals surface area contributed by atoms with E-state index in [1.807, 2.05) is 0 Å². The van der Waals surface area contributed by atoms with Crippen LogP contribution in [0.15, 0.2) is 0 Å². The second-order valence-electron chi connectivity index (χ2n) is 3.92. The first kappa shape index (κ1) is 15.1. The molecular weight excluding hydrogens is 288 g/mol. The Labute approximate surface area is 108 Å². The van der Waals surface area contributed by atoms with Gasteiger partial charge in [-0.05, 0) is 0 Å². The van der Waals surface area contributed by atoms with E-state index in [9.17, 15) is 40.5 Å². The summed E-state index contributed by atoms with van der Waals surface area (Å²) in [7, 11) is 0. The molecule has 0 aliphatic carbocycles. The zero-order chi connectivity index (χ0) is 15.5. The average molecular weight is 296 g/mol. The molecule has 1 aliphatic rings. The molecule has 1 saturated heterocycles. The van der Waals surface area contributed by atoms with Crippen molar-refractivity contribution in [1.29, 1.82) is 0 Å². The average Bonchev–Trinajstić information content (AvgIpc) is 2.35. The van der Waals surface area contributed by atoms with Gasteiger partial charge in [-0.3, -0.25) is 10.1 Å². The molecule has 0 N–H and O–H groups in total. The van der Waals surface area contributed by atoms with Crippen LogP contribution in [0.3, 0.4) is 0 Å². The largest absolute Gasteiger partial charge is 0.306 e. The first-order valence-electron chi connectivity index (χ1n) is 4.88. The van der Waals surface area contributed by atoms with E-state index in [0.29, 0.717) is 0 Å². The van der Waals surface area contributed by atoms with E-state index in [4.69, 9.17) is 0 Å². The van der Waals surface area contributed by atoms with Crippen LogP contribution in [-0.4, -0.2) is 62.0 Å². The van der Waals surface area contributed by atoms with Gasteiger partial charge in [0.1, 0.15) is 0 Å². The molecule has 0 spiro atoms. The lowest BCUT2D eigenvalue weighted by Gasteiger charge is -2.33. The molecule has 0 aromatic carbocycles. The molecule has 1 aliphatic heterocycles. The van der Waals surface area contributed by atoms with E-state index in [2.05, 4.69) is 4.84 Å². The van der Waals surface area contributed by atoms with E-state index in [0.717, 1.165) is 0 Å². The molecule has 0 atom stereocenters. The molecule has 0 bridgehead atoms. The van der Waals surface area contributed by atoms with Crippen LogP contribution >= 0.6 is 0 Å². The minimum atomic E-state index is -2.36. The maximum absolute atomic E-state index is 11.0. The van der Waals surface area contributed by atoms with Crippen molar-refractivity contribution < 1.29 is 24.9 Å². The number of hydrogen-bond acceptors (Lipinski definition) is 9. The van der Waals surface area contributed by atoms with Crippen molar-refractivity contribution in [1.82, 2.24) is 10.0 Å². The first-order valence-corrected chi connectivity index (χ1v) is 4.88. The highest BCUT2D eigenvalue weighted by molar-refractivity contribution is 4.86. The molecular formula is C5H8N6O9. The van der Waals surface area contributed by atoms with E-state index in [1.165, 1.54) is 0 Å². The third-order valence-electron chi connectivity index (χ3n) is 2.57. The normalized spacial score (nSPS) is 17.4. The van der Waals surface area contributed by atoms with Gasteiger partial charge in [-0.15, -0.1) is 10.1 Å². The van der Waals surface area contributed by atoms with Gasteiger partial charge < -0.3 is 4.84 Å². The Bertz CT molecular complexity index is 430. The summed E-state index contributed by atoms with van der Waals surface area (Å²) >= 11 is 0. The van der Waals surface area contributed by atoms with Crippen LogP contribution < -0.4 is 0 Å². The molecule has 0 unspecified atom stereocenters. The first-order chi connectivity index (χ1) is 9.18. The summed E-state index contributed by atoms with van der Waals surface area (Å²) in [5, 5.41) is 39.5. The van der Waals surface area contributed by atoms with Crippen molar-refractivity contribution in [3.63, 3.8) is 0 Å². The summed E-state index contributed by atoms with van der Waals surface area (Å²) in [5.41, 5.74) is -2.36. The number of rotatable bonds is 6. The molecule has 0 amide bonds. The molecule has 15 heteroatoms. The Morgan fingerprint density at radius 1 is 0.950 bits per heavy atom. The zero-order valence-corrected chi connectivity index (χ0v) is 9.69. The predicted octanol–water partition coefficient (Wildman–Crippen LogP) is -1.83. The summed E-state index contributed by atoms with van der Waals surface area (Å²) in [4.78, 5) is 45.3. The maximum Gasteiger partial charge on any atom is 0.294 e. The Morgan fingerprint density at radius 2 is 1.40 bits per heavy atom. The Morgan fingerprint density at radius 3 is 1.70 bits per heavy atom. The van der Waals surface area contributed by atoms with Crippen molar-refractivity contribution in [3.8, 4) is 0 Å². The predicted molar refractivity (Wildman–Crippen MR) is 54.9 cm³/mol. The van der Waals surface area contributed by atoms with E-state index < -0.39 is 52.0 Å². The van der Waals surface area contributed by atoms with Gasteiger partial charge in [-0.2, -0.15) is 0 Å². The van der Waals surface area contributed by atoms with Crippen LogP contribution in [0.4, 0.5) is 0 Å². The van der Waals surface area contributed by atoms with E-state index >= 15 is 0 Å². The second-order valence-corrected chi connectivity index (χ2v) is 3.92. The van der Waals surface area contributed by atoms with Crippen LogP contribution in [0.2, 0.25) is 0 Å². The Kier molecular flexibility index (Phi) is 4.01. The van der Waals surface area contributed by atoms with Gasteiger partial charge in [0.25, 0.3) is 10.6 Å². The number of nitro groups is 3. The van der Waals surface area contributed by atoms with Gasteiger partial charge in [-0.1, -0.05) is 10.0 Å². The van der Waals surface area contributed by atoms with Gasteiger partial charge in [0, 0.05) is 4.92 Å². The molecule has 0 saturated carbocycles. The summed E-state index contributed by atoms with van der Waals surface area (Å²) in [5.74, 6) is 0. The molecule has 0 aromatic heterocycles. The van der Waals surface area contributed by atoms with E-state index in [-0.39, 0.29) is 10.0 Å². The third-order valence-corrected chi connectivity index (χ3v) is 2.57. The van der Waals surface area contributed by atoms with Gasteiger partial charge in [0.2, 0.25) is 6.67 Å². The molecule has 1 fully saturated rings. The van der Waals surface area contributed by atoms with Crippen molar-refractivity contribution in [2.75, 3.05) is 26.4 Å². The summed E-state index contributed by atoms with van der Waals surface area (Å²) in [6.07, 6.45) is 0. The van der Waals surface area contributed by atoms with Crippen LogP contribution in [0.5, 0.6) is 0 Å². The van der Waals surface area contributed by atoms with Gasteiger partial charge in [0.15, 0.2) is 29.8 Å². The zero-order valence-electron chi connectivity index (χ0n) is 9.69. The molecule has 20 heavy (non-hydrogen) atoms. The standard InChI is InChI=1S/C5H8N6O9/c12-8(13)5(3-20-11(18)19)1-6(9(14)15)4-7(2-5)10(16)17/h1-4H2. The highest BCUT2D eigenvalue weighted by Gasteiger charge is 2.56. The molecule has 15 nitrogen and oxygen atoms in total. The second kappa shape index (κ2) is 5.33. The molecule has 1 heterocycles. The lowest BCUT2D eigenvalue weighted by Crippen LogP contribution is -2.67.